The molecule has 0 bridgehead atoms. The molecule has 1 saturated carbocycles. The average Bonchev–Trinajstić information content (AvgIpc) is 3.40. The largest absolute Gasteiger partial charge is 0.348 e. The molecule has 9 heteroatoms. The van der Waals surface area contributed by atoms with Gasteiger partial charge in [0.05, 0.1) is 0 Å². The molecular weight excluding hydrogens is 384 g/mol. The van der Waals surface area contributed by atoms with Crippen molar-refractivity contribution < 1.29 is 4.79 Å². The van der Waals surface area contributed by atoms with E-state index in [1.807, 2.05) is 31.2 Å². The fraction of sp³-hybridized carbons (Fsp3) is 0.333. The highest BCUT2D eigenvalue weighted by atomic mass is 35.5. The average molecular weight is 403 g/mol. The van der Waals surface area contributed by atoms with E-state index in [1.165, 1.54) is 11.8 Å². The quantitative estimate of drug-likeness (QED) is 0.503. The van der Waals surface area contributed by atoms with E-state index in [2.05, 4.69) is 31.1 Å². The highest BCUT2D eigenvalue weighted by Crippen LogP contribution is 2.31. The van der Waals surface area contributed by atoms with Gasteiger partial charge in [-0.3, -0.25) is 10.2 Å². The fourth-order valence-electron chi connectivity index (χ4n) is 2.65. The molecule has 0 saturated heterocycles. The van der Waals surface area contributed by atoms with E-state index in [0.717, 1.165) is 35.6 Å². The van der Waals surface area contributed by atoms with Crippen LogP contribution in [0.25, 0.3) is 0 Å². The van der Waals surface area contributed by atoms with Crippen molar-refractivity contribution in [1.29, 1.82) is 0 Å². The van der Waals surface area contributed by atoms with Crippen LogP contribution in [0.5, 0.6) is 0 Å². The van der Waals surface area contributed by atoms with Gasteiger partial charge in [-0.25, -0.2) is 9.97 Å². The summed E-state index contributed by atoms with van der Waals surface area (Å²) in [6.07, 6.45) is 2.79. The first kappa shape index (κ1) is 18.1. The van der Waals surface area contributed by atoms with Crippen LogP contribution < -0.4 is 16.1 Å². The van der Waals surface area contributed by atoms with Crippen LogP contribution in [0.4, 0.5) is 11.5 Å². The highest BCUT2D eigenvalue weighted by molar-refractivity contribution is 7.99. The molecule has 0 spiro atoms. The molecule has 27 heavy (non-hydrogen) atoms. The van der Waals surface area contributed by atoms with Crippen molar-refractivity contribution in [2.45, 2.75) is 42.4 Å². The fourth-order valence-corrected chi connectivity index (χ4v) is 3.66. The minimum absolute atomic E-state index is 0.00294. The lowest BCUT2D eigenvalue weighted by Gasteiger charge is -2.13. The van der Waals surface area contributed by atoms with Crippen LogP contribution in [0.2, 0.25) is 5.15 Å². The molecule has 1 aliphatic carbocycles. The predicted molar refractivity (Wildman–Crippen MR) is 107 cm³/mol. The zero-order valence-corrected chi connectivity index (χ0v) is 16.3. The lowest BCUT2D eigenvalue weighted by atomic mass is 10.3. The zero-order chi connectivity index (χ0) is 18.8. The maximum Gasteiger partial charge on any atom is 0.227 e. The van der Waals surface area contributed by atoms with Gasteiger partial charge in [-0.15, -0.1) is 0 Å². The van der Waals surface area contributed by atoms with E-state index in [4.69, 9.17) is 11.6 Å². The number of anilines is 2. The first-order chi connectivity index (χ1) is 13.0. The first-order valence-electron chi connectivity index (χ1n) is 8.74. The Morgan fingerprint density at radius 1 is 1.26 bits per heavy atom. The molecule has 140 valence electrons. The monoisotopic (exact) mass is 402 g/mol. The Kier molecular flexibility index (Phi) is 5.18. The van der Waals surface area contributed by atoms with Crippen LogP contribution in [-0.2, 0) is 4.79 Å². The van der Waals surface area contributed by atoms with Gasteiger partial charge in [-0.2, -0.15) is 5.10 Å². The van der Waals surface area contributed by atoms with Gasteiger partial charge in [-0.1, -0.05) is 11.6 Å². The molecule has 4 rings (SSSR count). The molecule has 7 nitrogen and oxygen atoms in total. The van der Waals surface area contributed by atoms with Crippen LogP contribution in [0.15, 0.2) is 45.5 Å². The number of benzene rings is 1. The van der Waals surface area contributed by atoms with Crippen molar-refractivity contribution >= 4 is 46.5 Å². The Morgan fingerprint density at radius 2 is 2.04 bits per heavy atom. The molecule has 1 amide bonds. The minimum atomic E-state index is 0.00294. The molecule has 3 N–H and O–H groups in total. The Labute approximate surface area is 166 Å². The molecule has 2 heterocycles. The van der Waals surface area contributed by atoms with E-state index in [1.54, 1.807) is 6.07 Å². The number of carbonyl (C=O) groups is 1. The normalized spacial score (nSPS) is 18.6. The summed E-state index contributed by atoms with van der Waals surface area (Å²) >= 11 is 7.56. The van der Waals surface area contributed by atoms with Crippen molar-refractivity contribution in [2.24, 2.45) is 11.0 Å². The van der Waals surface area contributed by atoms with Gasteiger partial charge in [-0.05, 0) is 55.8 Å². The summed E-state index contributed by atoms with van der Waals surface area (Å²) in [5.41, 5.74) is 4.85. The molecule has 1 aliphatic heterocycles. The van der Waals surface area contributed by atoms with Crippen LogP contribution in [0.1, 0.15) is 26.2 Å². The molecule has 1 atom stereocenters. The molecule has 1 unspecified atom stereocenters. The van der Waals surface area contributed by atoms with Crippen LogP contribution in [0.3, 0.4) is 0 Å². The second-order valence-electron chi connectivity index (χ2n) is 6.63. The number of nitrogens with zero attached hydrogens (tertiary/aromatic N) is 3. The van der Waals surface area contributed by atoms with Crippen LogP contribution in [-0.4, -0.2) is 27.8 Å². The van der Waals surface area contributed by atoms with Gasteiger partial charge in [0, 0.05) is 34.7 Å². The minimum Gasteiger partial charge on any atom is -0.348 e. The van der Waals surface area contributed by atoms with E-state index < -0.39 is 0 Å². The maximum atomic E-state index is 11.8. The summed E-state index contributed by atoms with van der Waals surface area (Å²) in [5, 5.41) is 11.3. The maximum absolute atomic E-state index is 11.8. The van der Waals surface area contributed by atoms with Gasteiger partial charge in [0.15, 0.2) is 5.16 Å². The van der Waals surface area contributed by atoms with E-state index in [0.29, 0.717) is 16.1 Å². The van der Waals surface area contributed by atoms with E-state index >= 15 is 0 Å². The smallest absolute Gasteiger partial charge is 0.227 e. The number of aromatic nitrogens is 2. The van der Waals surface area contributed by atoms with Gasteiger partial charge in [0.25, 0.3) is 0 Å². The number of carbonyl (C=O) groups excluding carboxylic acids is 1. The Balaban J connectivity index is 1.40. The summed E-state index contributed by atoms with van der Waals surface area (Å²) in [6, 6.07) is 9.32. The number of hydrogen-bond donors (Lipinski definition) is 3. The number of amides is 1. The van der Waals surface area contributed by atoms with Crippen molar-refractivity contribution in [3.63, 3.8) is 0 Å². The van der Waals surface area contributed by atoms with Crippen LogP contribution in [0, 0.1) is 5.92 Å². The summed E-state index contributed by atoms with van der Waals surface area (Å²) in [4.78, 5) is 21.6. The zero-order valence-electron chi connectivity index (χ0n) is 14.7. The lowest BCUT2D eigenvalue weighted by Crippen LogP contribution is -2.29. The van der Waals surface area contributed by atoms with Crippen LogP contribution >= 0.6 is 23.4 Å². The standard InChI is InChI=1S/C18H19ClN6OS/c1-10-8-16(25-24-10)22-15-9-14(19)21-18(23-15)27-13-6-4-12(5-7-13)20-17(26)11-2-3-11/h4-7,9,11,16,25H,2-3,8H2,1H3,(H,20,26)(H,21,22,23). The topological polar surface area (TPSA) is 91.3 Å². The highest BCUT2D eigenvalue weighted by Gasteiger charge is 2.29. The van der Waals surface area contributed by atoms with E-state index in [-0.39, 0.29) is 18.0 Å². The van der Waals surface area contributed by atoms with Crippen molar-refractivity contribution in [1.82, 2.24) is 15.4 Å². The van der Waals surface area contributed by atoms with E-state index in [9.17, 15) is 4.79 Å². The van der Waals surface area contributed by atoms with Gasteiger partial charge >= 0.3 is 0 Å². The van der Waals surface area contributed by atoms with Gasteiger partial charge < -0.3 is 10.6 Å². The number of halogens is 1. The molecule has 1 aromatic carbocycles. The third kappa shape index (κ3) is 4.90. The second kappa shape index (κ2) is 7.74. The molecule has 1 aromatic heterocycles. The van der Waals surface area contributed by atoms with Gasteiger partial charge in [0.2, 0.25) is 5.91 Å². The predicted octanol–water partition coefficient (Wildman–Crippen LogP) is 3.74. The van der Waals surface area contributed by atoms with Crippen molar-refractivity contribution in [3.8, 4) is 0 Å². The first-order valence-corrected chi connectivity index (χ1v) is 9.93. The second-order valence-corrected chi connectivity index (χ2v) is 8.05. The number of hydrogen-bond acceptors (Lipinski definition) is 7. The molecule has 1 fully saturated rings. The summed E-state index contributed by atoms with van der Waals surface area (Å²) in [5.74, 6) is 0.936. The molecular formula is C18H19ClN6OS. The number of hydrazone groups is 1. The summed E-state index contributed by atoms with van der Waals surface area (Å²) in [7, 11) is 0. The molecule has 0 radical (unpaired) electrons. The summed E-state index contributed by atoms with van der Waals surface area (Å²) in [6.45, 7) is 1.97. The Morgan fingerprint density at radius 3 is 2.70 bits per heavy atom. The Bertz CT molecular complexity index is 884. The van der Waals surface area contributed by atoms with Crippen molar-refractivity contribution in [3.05, 3.63) is 35.5 Å². The Hall–Kier alpha value is -2.32. The lowest BCUT2D eigenvalue weighted by molar-refractivity contribution is -0.117. The third-order valence-corrected chi connectivity index (χ3v) is 5.25. The number of nitrogens with one attached hydrogen (secondary N) is 3. The third-order valence-electron chi connectivity index (χ3n) is 4.19. The number of rotatable bonds is 6. The van der Waals surface area contributed by atoms with Gasteiger partial charge in [0.1, 0.15) is 17.1 Å². The molecule has 2 aliphatic rings. The SMILES string of the molecule is CC1=NNC(Nc2cc(Cl)nc(Sc3ccc(NC(=O)C4CC4)cc3)n2)C1. The summed E-state index contributed by atoms with van der Waals surface area (Å²) < 4.78 is 0. The van der Waals surface area contributed by atoms with Crippen molar-refractivity contribution in [2.75, 3.05) is 10.6 Å². The molecule has 2 aromatic rings.